The zero-order valence-electron chi connectivity index (χ0n) is 15.8. The van der Waals surface area contributed by atoms with Crippen molar-refractivity contribution in [3.8, 4) is 0 Å². The smallest absolute Gasteiger partial charge is 0.294 e. The fourth-order valence-corrected chi connectivity index (χ4v) is 3.34. The molecule has 1 aliphatic heterocycles. The molecule has 0 saturated carbocycles. The Morgan fingerprint density at radius 2 is 1.89 bits per heavy atom. The average Bonchev–Trinajstić information content (AvgIpc) is 2.94. The molecule has 2 aromatic rings. The molecule has 1 N–H and O–H groups in total. The van der Waals surface area contributed by atoms with Crippen molar-refractivity contribution in [1.29, 1.82) is 0 Å². The van der Waals surface area contributed by atoms with Gasteiger partial charge in [0.05, 0.1) is 10.6 Å². The summed E-state index contributed by atoms with van der Waals surface area (Å²) in [5.41, 5.74) is 1.77. The van der Waals surface area contributed by atoms with Crippen molar-refractivity contribution in [3.63, 3.8) is 0 Å². The van der Waals surface area contributed by atoms with Crippen LogP contribution < -0.4 is 10.2 Å². The Balaban J connectivity index is 1.62. The van der Waals surface area contributed by atoms with Gasteiger partial charge in [0.1, 0.15) is 5.69 Å². The third-order valence-corrected chi connectivity index (χ3v) is 4.86. The fourth-order valence-electron chi connectivity index (χ4n) is 3.34. The molecule has 1 heterocycles. The van der Waals surface area contributed by atoms with E-state index in [1.165, 1.54) is 11.6 Å². The van der Waals surface area contributed by atoms with Crippen molar-refractivity contribution in [1.82, 2.24) is 0 Å². The second-order valence-electron chi connectivity index (χ2n) is 7.00. The maximum atomic E-state index is 12.2. The molecule has 1 aliphatic rings. The standard InChI is InChI=1S/C21H23N3O4/c1-15-13-20(25)23(21(15)26)17-10-11-18(19(14-17)24(27)28)22-12-6-5-9-16-7-3-2-4-8-16/h2-4,7-8,10-11,14-15,22H,5-6,9,12-13H2,1H3. The van der Waals surface area contributed by atoms with Gasteiger partial charge in [-0.2, -0.15) is 0 Å². The van der Waals surface area contributed by atoms with E-state index in [0.717, 1.165) is 24.2 Å². The lowest BCUT2D eigenvalue weighted by atomic mass is 10.1. The van der Waals surface area contributed by atoms with Gasteiger partial charge in [-0.05, 0) is 37.0 Å². The third-order valence-electron chi connectivity index (χ3n) is 4.86. The predicted molar refractivity (Wildman–Crippen MR) is 107 cm³/mol. The maximum Gasteiger partial charge on any atom is 0.294 e. The number of anilines is 2. The monoisotopic (exact) mass is 381 g/mol. The highest BCUT2D eigenvalue weighted by molar-refractivity contribution is 6.21. The number of nitrogens with one attached hydrogen (secondary N) is 1. The number of nitrogens with zero attached hydrogens (tertiary/aromatic N) is 2. The number of nitro groups is 1. The molecule has 1 unspecified atom stereocenters. The van der Waals surface area contributed by atoms with Gasteiger partial charge in [-0.1, -0.05) is 37.3 Å². The number of benzene rings is 2. The van der Waals surface area contributed by atoms with Crippen LogP contribution in [-0.4, -0.2) is 23.3 Å². The fraction of sp³-hybridized carbons (Fsp3) is 0.333. The summed E-state index contributed by atoms with van der Waals surface area (Å²) in [6.45, 7) is 2.28. The molecule has 0 bridgehead atoms. The predicted octanol–water partition coefficient (Wildman–Crippen LogP) is 3.93. The number of nitro benzene ring substituents is 1. The Hall–Kier alpha value is -3.22. The molecule has 7 heteroatoms. The van der Waals surface area contributed by atoms with E-state index in [0.29, 0.717) is 12.2 Å². The molecule has 1 atom stereocenters. The van der Waals surface area contributed by atoms with Crippen LogP contribution >= 0.6 is 0 Å². The molecule has 0 aromatic heterocycles. The highest BCUT2D eigenvalue weighted by atomic mass is 16.6. The van der Waals surface area contributed by atoms with E-state index in [9.17, 15) is 19.7 Å². The molecule has 1 fully saturated rings. The first kappa shape index (κ1) is 19.5. The zero-order chi connectivity index (χ0) is 20.1. The Bertz CT molecular complexity index is 882. The van der Waals surface area contributed by atoms with E-state index in [2.05, 4.69) is 17.4 Å². The number of carbonyl (C=O) groups excluding carboxylic acids is 2. The lowest BCUT2D eigenvalue weighted by Crippen LogP contribution is -2.30. The SMILES string of the molecule is CC1CC(=O)N(c2ccc(NCCCCc3ccccc3)c([N+](=O)[O-])c2)C1=O. The van der Waals surface area contributed by atoms with Crippen LogP contribution in [0.2, 0.25) is 0 Å². The van der Waals surface area contributed by atoms with Crippen LogP contribution in [0.5, 0.6) is 0 Å². The van der Waals surface area contributed by atoms with Gasteiger partial charge in [-0.15, -0.1) is 0 Å². The number of hydrogen-bond acceptors (Lipinski definition) is 5. The summed E-state index contributed by atoms with van der Waals surface area (Å²) in [6, 6.07) is 14.6. The van der Waals surface area contributed by atoms with Crippen LogP contribution in [0, 0.1) is 16.0 Å². The summed E-state index contributed by atoms with van der Waals surface area (Å²) < 4.78 is 0. The number of unbranched alkanes of at least 4 members (excludes halogenated alkanes) is 1. The number of carbonyl (C=O) groups is 2. The van der Waals surface area contributed by atoms with Crippen LogP contribution in [0.15, 0.2) is 48.5 Å². The summed E-state index contributed by atoms with van der Waals surface area (Å²) in [7, 11) is 0. The zero-order valence-corrected chi connectivity index (χ0v) is 15.8. The minimum Gasteiger partial charge on any atom is -0.379 e. The quantitative estimate of drug-likeness (QED) is 0.324. The highest BCUT2D eigenvalue weighted by Gasteiger charge is 2.37. The molecule has 2 amide bonds. The largest absolute Gasteiger partial charge is 0.379 e. The number of aryl methyl sites for hydroxylation is 1. The molecule has 146 valence electrons. The second kappa shape index (κ2) is 8.65. The summed E-state index contributed by atoms with van der Waals surface area (Å²) in [4.78, 5) is 36.2. The van der Waals surface area contributed by atoms with E-state index in [-0.39, 0.29) is 29.6 Å². The molecule has 28 heavy (non-hydrogen) atoms. The maximum absolute atomic E-state index is 12.2. The topological polar surface area (TPSA) is 92.6 Å². The highest BCUT2D eigenvalue weighted by Crippen LogP contribution is 2.33. The van der Waals surface area contributed by atoms with Gasteiger partial charge in [0, 0.05) is 24.9 Å². The number of rotatable bonds is 8. The molecule has 1 saturated heterocycles. The lowest BCUT2D eigenvalue weighted by molar-refractivity contribution is -0.383. The normalized spacial score (nSPS) is 16.5. The van der Waals surface area contributed by atoms with E-state index in [1.807, 2.05) is 18.2 Å². The molecule has 7 nitrogen and oxygen atoms in total. The summed E-state index contributed by atoms with van der Waals surface area (Å²) >= 11 is 0. The van der Waals surface area contributed by atoms with Gasteiger partial charge >= 0.3 is 0 Å². The molecule has 0 radical (unpaired) electrons. The minimum absolute atomic E-state index is 0.133. The Labute approximate surface area is 163 Å². The Morgan fingerprint density at radius 1 is 1.14 bits per heavy atom. The second-order valence-corrected chi connectivity index (χ2v) is 7.00. The first-order valence-electron chi connectivity index (χ1n) is 9.40. The van der Waals surface area contributed by atoms with Crippen LogP contribution in [0.25, 0.3) is 0 Å². The average molecular weight is 381 g/mol. The van der Waals surface area contributed by atoms with Crippen molar-refractivity contribution in [2.75, 3.05) is 16.8 Å². The molecular formula is C21H23N3O4. The molecular weight excluding hydrogens is 358 g/mol. The van der Waals surface area contributed by atoms with Gasteiger partial charge in [0.2, 0.25) is 11.8 Å². The molecule has 0 aliphatic carbocycles. The Morgan fingerprint density at radius 3 is 2.54 bits per heavy atom. The van der Waals surface area contributed by atoms with Crippen LogP contribution in [0.1, 0.15) is 31.7 Å². The van der Waals surface area contributed by atoms with Crippen LogP contribution in [0.4, 0.5) is 17.1 Å². The van der Waals surface area contributed by atoms with Gasteiger partial charge in [0.25, 0.3) is 5.69 Å². The summed E-state index contributed by atoms with van der Waals surface area (Å²) in [6.07, 6.45) is 2.93. The number of imide groups is 1. The van der Waals surface area contributed by atoms with E-state index in [4.69, 9.17) is 0 Å². The number of amides is 2. The first-order chi connectivity index (χ1) is 13.5. The van der Waals surface area contributed by atoms with Crippen molar-refractivity contribution in [2.24, 2.45) is 5.92 Å². The minimum atomic E-state index is -0.496. The first-order valence-corrected chi connectivity index (χ1v) is 9.40. The molecule has 3 rings (SSSR count). The van der Waals surface area contributed by atoms with Gasteiger partial charge in [-0.3, -0.25) is 24.6 Å². The number of hydrogen-bond donors (Lipinski definition) is 1. The van der Waals surface area contributed by atoms with Gasteiger partial charge in [0.15, 0.2) is 0 Å². The van der Waals surface area contributed by atoms with Crippen molar-refractivity contribution < 1.29 is 14.5 Å². The summed E-state index contributed by atoms with van der Waals surface area (Å²) in [5.74, 6) is -1.04. The molecule has 0 spiro atoms. The van der Waals surface area contributed by atoms with E-state index < -0.39 is 10.8 Å². The van der Waals surface area contributed by atoms with Crippen molar-refractivity contribution >= 4 is 28.9 Å². The Kier molecular flexibility index (Phi) is 6.03. The van der Waals surface area contributed by atoms with Crippen molar-refractivity contribution in [3.05, 3.63) is 64.2 Å². The van der Waals surface area contributed by atoms with Gasteiger partial charge in [-0.25, -0.2) is 0 Å². The van der Waals surface area contributed by atoms with E-state index in [1.54, 1.807) is 19.1 Å². The van der Waals surface area contributed by atoms with Crippen molar-refractivity contribution in [2.45, 2.75) is 32.6 Å². The third kappa shape index (κ3) is 4.36. The van der Waals surface area contributed by atoms with Crippen LogP contribution in [-0.2, 0) is 16.0 Å². The molecule has 2 aromatic carbocycles. The van der Waals surface area contributed by atoms with E-state index >= 15 is 0 Å². The summed E-state index contributed by atoms with van der Waals surface area (Å²) in [5, 5.41) is 14.6. The lowest BCUT2D eigenvalue weighted by Gasteiger charge is -2.15. The van der Waals surface area contributed by atoms with Gasteiger partial charge < -0.3 is 5.32 Å². The van der Waals surface area contributed by atoms with Crippen LogP contribution in [0.3, 0.4) is 0 Å².